The number of carbonyl (C=O) groups is 2. The molecule has 1 fully saturated rings. The molecular weight excluding hydrogens is 286 g/mol. The zero-order valence-corrected chi connectivity index (χ0v) is 12.9. The highest BCUT2D eigenvalue weighted by Gasteiger charge is 2.35. The van der Waals surface area contributed by atoms with Gasteiger partial charge in [0.2, 0.25) is 5.91 Å². The van der Waals surface area contributed by atoms with Crippen molar-refractivity contribution in [1.82, 2.24) is 4.90 Å². The lowest BCUT2D eigenvalue weighted by Gasteiger charge is -2.33. The van der Waals surface area contributed by atoms with Crippen LogP contribution in [0.2, 0.25) is 0 Å². The molecule has 0 aliphatic carbocycles. The van der Waals surface area contributed by atoms with Crippen LogP contribution < -0.4 is 0 Å². The molecule has 1 aromatic rings. The molecule has 1 saturated heterocycles. The van der Waals surface area contributed by atoms with Gasteiger partial charge in [-0.3, -0.25) is 9.59 Å². The highest BCUT2D eigenvalue weighted by Crippen LogP contribution is 2.40. The Balaban J connectivity index is 1.73. The van der Waals surface area contributed by atoms with Gasteiger partial charge in [-0.2, -0.15) is 0 Å². The molecule has 2 aliphatic heterocycles. The number of nitrogens with zero attached hydrogens (tertiary/aromatic N) is 1. The molecule has 0 N–H and O–H groups in total. The van der Waals surface area contributed by atoms with Crippen LogP contribution in [0, 0.1) is 5.92 Å². The second kappa shape index (κ2) is 6.10. The number of piperidine rings is 1. The van der Waals surface area contributed by atoms with Crippen LogP contribution in [0.1, 0.15) is 24.3 Å². The lowest BCUT2D eigenvalue weighted by atomic mass is 9.94. The summed E-state index contributed by atoms with van der Waals surface area (Å²) in [6.45, 7) is 1.24. The normalized spacial score (nSPS) is 24.5. The van der Waals surface area contributed by atoms with Gasteiger partial charge in [-0.1, -0.05) is 18.2 Å². The van der Waals surface area contributed by atoms with Crippen LogP contribution in [0.3, 0.4) is 0 Å². The van der Waals surface area contributed by atoms with Gasteiger partial charge in [0.1, 0.15) is 0 Å². The van der Waals surface area contributed by atoms with Crippen LogP contribution in [0.4, 0.5) is 0 Å². The smallest absolute Gasteiger partial charge is 0.310 e. The number of hydrogen-bond donors (Lipinski definition) is 0. The minimum atomic E-state index is -0.200. The van der Waals surface area contributed by atoms with E-state index >= 15 is 0 Å². The van der Waals surface area contributed by atoms with Crippen LogP contribution in [0.15, 0.2) is 29.2 Å². The summed E-state index contributed by atoms with van der Waals surface area (Å²) >= 11 is 1.74. The average Bonchev–Trinajstić information content (AvgIpc) is 2.97. The van der Waals surface area contributed by atoms with E-state index < -0.39 is 0 Å². The van der Waals surface area contributed by atoms with Gasteiger partial charge in [-0.25, -0.2) is 0 Å². The van der Waals surface area contributed by atoms with Gasteiger partial charge in [-0.05, 0) is 24.5 Å². The number of likely N-dealkylation sites (tertiary alicyclic amines) is 1. The highest BCUT2D eigenvalue weighted by molar-refractivity contribution is 7.99. The number of benzene rings is 1. The molecule has 0 radical (unpaired) electrons. The standard InChI is InChI=1S/C16H19NO3S/c1-20-16(19)11-5-4-8-17(9-11)15(18)13-10-21-14-7-3-2-6-12(13)14/h2-3,6-7,11,13H,4-5,8-10H2,1H3. The molecule has 2 atom stereocenters. The molecule has 0 aromatic heterocycles. The number of amides is 1. The van der Waals surface area contributed by atoms with E-state index in [1.54, 1.807) is 11.8 Å². The number of rotatable bonds is 2. The van der Waals surface area contributed by atoms with Gasteiger partial charge in [-0.15, -0.1) is 11.8 Å². The molecule has 4 nitrogen and oxygen atoms in total. The molecular formula is C16H19NO3S. The Morgan fingerprint density at radius 3 is 2.95 bits per heavy atom. The SMILES string of the molecule is COC(=O)C1CCCN(C(=O)C2CSc3ccccc32)C1. The first kappa shape index (κ1) is 14.4. The Labute approximate surface area is 128 Å². The Morgan fingerprint density at radius 1 is 1.33 bits per heavy atom. The van der Waals surface area contributed by atoms with Crippen molar-refractivity contribution in [2.45, 2.75) is 23.7 Å². The summed E-state index contributed by atoms with van der Waals surface area (Å²) in [5.74, 6) is 0.520. The van der Waals surface area contributed by atoms with Crippen molar-refractivity contribution < 1.29 is 14.3 Å². The maximum absolute atomic E-state index is 12.8. The van der Waals surface area contributed by atoms with Crippen molar-refractivity contribution in [3.8, 4) is 0 Å². The summed E-state index contributed by atoms with van der Waals surface area (Å²) in [6, 6.07) is 8.10. The van der Waals surface area contributed by atoms with Crippen molar-refractivity contribution in [3.63, 3.8) is 0 Å². The van der Waals surface area contributed by atoms with Crippen LogP contribution in [-0.4, -0.2) is 42.7 Å². The topological polar surface area (TPSA) is 46.6 Å². The molecule has 1 amide bonds. The second-order valence-electron chi connectivity index (χ2n) is 5.55. The van der Waals surface area contributed by atoms with Crippen LogP contribution >= 0.6 is 11.8 Å². The van der Waals surface area contributed by atoms with Crippen molar-refractivity contribution in [3.05, 3.63) is 29.8 Å². The Bertz CT molecular complexity index is 560. The van der Waals surface area contributed by atoms with Crippen molar-refractivity contribution in [2.24, 2.45) is 5.92 Å². The summed E-state index contributed by atoms with van der Waals surface area (Å²) in [7, 11) is 1.41. The van der Waals surface area contributed by atoms with E-state index in [1.165, 1.54) is 12.0 Å². The number of carbonyl (C=O) groups excluding carboxylic acids is 2. The first-order valence-corrected chi connectivity index (χ1v) is 8.27. The summed E-state index contributed by atoms with van der Waals surface area (Å²) in [5.41, 5.74) is 1.13. The van der Waals surface area contributed by atoms with Crippen LogP contribution in [0.25, 0.3) is 0 Å². The quantitative estimate of drug-likeness (QED) is 0.787. The fourth-order valence-electron chi connectivity index (χ4n) is 3.12. The monoisotopic (exact) mass is 305 g/mol. The van der Waals surface area contributed by atoms with Gasteiger partial charge >= 0.3 is 5.97 Å². The molecule has 2 heterocycles. The average molecular weight is 305 g/mol. The van der Waals surface area contributed by atoms with Crippen molar-refractivity contribution in [2.75, 3.05) is 26.0 Å². The van der Waals surface area contributed by atoms with E-state index in [1.807, 2.05) is 23.1 Å². The maximum Gasteiger partial charge on any atom is 0.310 e. The predicted molar refractivity (Wildman–Crippen MR) is 81.2 cm³/mol. The molecule has 112 valence electrons. The molecule has 0 spiro atoms. The van der Waals surface area contributed by atoms with Gasteiger partial charge in [0, 0.05) is 23.7 Å². The Hall–Kier alpha value is -1.49. The number of thioether (sulfide) groups is 1. The fourth-order valence-corrected chi connectivity index (χ4v) is 4.34. The third-order valence-corrected chi connectivity index (χ3v) is 5.45. The minimum Gasteiger partial charge on any atom is -0.469 e. The van der Waals surface area contributed by atoms with Crippen molar-refractivity contribution >= 4 is 23.6 Å². The largest absolute Gasteiger partial charge is 0.469 e. The highest BCUT2D eigenvalue weighted by atomic mass is 32.2. The molecule has 21 heavy (non-hydrogen) atoms. The number of fused-ring (bicyclic) bond motifs is 1. The molecule has 1 aromatic carbocycles. The first-order chi connectivity index (χ1) is 10.2. The Kier molecular flexibility index (Phi) is 4.19. The van der Waals surface area contributed by atoms with Crippen molar-refractivity contribution in [1.29, 1.82) is 0 Å². The van der Waals surface area contributed by atoms with Gasteiger partial charge in [0.05, 0.1) is 18.9 Å². The predicted octanol–water partition coefficient (Wildman–Crippen LogP) is 2.29. The zero-order valence-electron chi connectivity index (χ0n) is 12.1. The zero-order chi connectivity index (χ0) is 14.8. The Morgan fingerprint density at radius 2 is 2.14 bits per heavy atom. The molecule has 0 saturated carbocycles. The first-order valence-electron chi connectivity index (χ1n) is 7.29. The molecule has 2 unspecified atom stereocenters. The van der Waals surface area contributed by atoms with E-state index in [4.69, 9.17) is 4.74 Å². The molecule has 5 heteroatoms. The second-order valence-corrected chi connectivity index (χ2v) is 6.61. The number of methoxy groups -OCH3 is 1. The third kappa shape index (κ3) is 2.79. The molecule has 3 rings (SSSR count). The van der Waals surface area contributed by atoms with E-state index in [0.717, 1.165) is 30.7 Å². The van der Waals surface area contributed by atoms with Gasteiger partial charge in [0.25, 0.3) is 0 Å². The number of hydrogen-bond acceptors (Lipinski definition) is 4. The lowest BCUT2D eigenvalue weighted by molar-refractivity contribution is -0.149. The fraction of sp³-hybridized carbons (Fsp3) is 0.500. The third-order valence-electron chi connectivity index (χ3n) is 4.27. The molecule has 0 bridgehead atoms. The summed E-state index contributed by atoms with van der Waals surface area (Å²) in [6.07, 6.45) is 1.68. The number of esters is 1. The van der Waals surface area contributed by atoms with E-state index in [2.05, 4.69) is 6.07 Å². The van der Waals surface area contributed by atoms with Crippen LogP contribution in [-0.2, 0) is 14.3 Å². The van der Waals surface area contributed by atoms with E-state index in [9.17, 15) is 9.59 Å². The lowest BCUT2D eigenvalue weighted by Crippen LogP contribution is -2.44. The summed E-state index contributed by atoms with van der Waals surface area (Å²) in [4.78, 5) is 27.5. The van der Waals surface area contributed by atoms with E-state index in [0.29, 0.717) is 6.54 Å². The number of ether oxygens (including phenoxy) is 1. The van der Waals surface area contributed by atoms with Crippen LogP contribution in [0.5, 0.6) is 0 Å². The van der Waals surface area contributed by atoms with Gasteiger partial charge < -0.3 is 9.64 Å². The summed E-state index contributed by atoms with van der Waals surface area (Å²) in [5, 5.41) is 0. The van der Waals surface area contributed by atoms with E-state index in [-0.39, 0.29) is 23.7 Å². The molecule has 2 aliphatic rings. The van der Waals surface area contributed by atoms with Gasteiger partial charge in [0.15, 0.2) is 0 Å². The minimum absolute atomic E-state index is 0.0670. The maximum atomic E-state index is 12.8. The summed E-state index contributed by atoms with van der Waals surface area (Å²) < 4.78 is 4.82.